The van der Waals surface area contributed by atoms with Crippen LogP contribution in [0.4, 0.5) is 10.5 Å². The number of anilines is 1. The van der Waals surface area contributed by atoms with Crippen LogP contribution in [0.5, 0.6) is 0 Å². The number of ether oxygens (including phenoxy) is 1. The first kappa shape index (κ1) is 17.7. The summed E-state index contributed by atoms with van der Waals surface area (Å²) in [6.07, 6.45) is -0.767. The summed E-state index contributed by atoms with van der Waals surface area (Å²) in [6.45, 7) is 0.714. The first-order chi connectivity index (χ1) is 11.4. The summed E-state index contributed by atoms with van der Waals surface area (Å²) in [4.78, 5) is 38.0. The van der Waals surface area contributed by atoms with Crippen LogP contribution in [0.25, 0.3) is 0 Å². The van der Waals surface area contributed by atoms with Gasteiger partial charge < -0.3 is 25.4 Å². The van der Waals surface area contributed by atoms with Crippen LogP contribution in [0.3, 0.4) is 0 Å². The first-order valence-electron chi connectivity index (χ1n) is 7.63. The van der Waals surface area contributed by atoms with Crippen molar-refractivity contribution in [2.24, 2.45) is 5.73 Å². The number of carbonyl (C=O) groups excluding carboxylic acids is 2. The highest BCUT2D eigenvalue weighted by molar-refractivity contribution is 5.94. The predicted octanol–water partition coefficient (Wildman–Crippen LogP) is 0.794. The maximum Gasteiger partial charge on any atom is 0.407 e. The summed E-state index contributed by atoms with van der Waals surface area (Å²) < 4.78 is 4.55. The Morgan fingerprint density at radius 2 is 2.00 bits per heavy atom. The van der Waals surface area contributed by atoms with E-state index in [1.54, 1.807) is 29.2 Å². The highest BCUT2D eigenvalue weighted by atomic mass is 16.5. The molecule has 1 aliphatic heterocycles. The minimum absolute atomic E-state index is 0.0810. The van der Waals surface area contributed by atoms with Crippen LogP contribution < -0.4 is 10.6 Å². The van der Waals surface area contributed by atoms with Gasteiger partial charge in [0.25, 0.3) is 0 Å². The van der Waals surface area contributed by atoms with Crippen molar-refractivity contribution >= 4 is 23.7 Å². The fraction of sp³-hybridized carbons (Fsp3) is 0.438. The van der Waals surface area contributed by atoms with Crippen molar-refractivity contribution in [3.05, 3.63) is 29.8 Å². The number of hydrogen-bond donors (Lipinski definition) is 2. The zero-order chi connectivity index (χ0) is 17.7. The number of fused-ring (bicyclic) bond motifs is 1. The third kappa shape index (κ3) is 4.02. The number of rotatable bonds is 4. The van der Waals surface area contributed by atoms with Crippen molar-refractivity contribution in [3.63, 3.8) is 0 Å². The molecule has 0 spiro atoms. The molecular formula is C16H21N3O5. The fourth-order valence-electron chi connectivity index (χ4n) is 2.64. The summed E-state index contributed by atoms with van der Waals surface area (Å²) in [5, 5.41) is 9.23. The van der Waals surface area contributed by atoms with E-state index in [0.29, 0.717) is 5.69 Å². The molecule has 0 radical (unpaired) electrons. The largest absolute Gasteiger partial charge is 0.468 e. The van der Waals surface area contributed by atoms with Crippen LogP contribution in [-0.4, -0.2) is 54.2 Å². The zero-order valence-corrected chi connectivity index (χ0v) is 13.5. The molecule has 1 atom stereocenters. The number of carboxylic acid groups (broad SMARTS) is 1. The standard InChI is InChI=1S/C16H21N3O5/c1-24-15(21)12(17)6-7-14(20)19-9-8-18(16(22)23)10-11-4-2-3-5-13(11)19/h2-5,12H,6-10,17H2,1H3,(H,22,23). The smallest absolute Gasteiger partial charge is 0.407 e. The Kier molecular flexibility index (Phi) is 5.75. The molecular weight excluding hydrogens is 314 g/mol. The average molecular weight is 335 g/mol. The van der Waals surface area contributed by atoms with Gasteiger partial charge in [-0.05, 0) is 18.1 Å². The third-order valence-electron chi connectivity index (χ3n) is 3.98. The first-order valence-corrected chi connectivity index (χ1v) is 7.63. The van der Waals surface area contributed by atoms with Crippen molar-refractivity contribution < 1.29 is 24.2 Å². The van der Waals surface area contributed by atoms with Gasteiger partial charge in [0.15, 0.2) is 0 Å². The number of nitrogens with zero attached hydrogens (tertiary/aromatic N) is 2. The Hall–Kier alpha value is -2.61. The molecule has 1 aromatic carbocycles. The number of nitrogens with two attached hydrogens (primary N) is 1. The van der Waals surface area contributed by atoms with Gasteiger partial charge in [-0.3, -0.25) is 9.59 Å². The van der Waals surface area contributed by atoms with Gasteiger partial charge >= 0.3 is 12.1 Å². The molecule has 1 heterocycles. The Labute approximate surface area is 139 Å². The second kappa shape index (κ2) is 7.78. The van der Waals surface area contributed by atoms with Crippen molar-refractivity contribution in [1.82, 2.24) is 4.90 Å². The molecule has 2 rings (SSSR count). The minimum atomic E-state index is -1.02. The molecule has 0 saturated carbocycles. The third-order valence-corrected chi connectivity index (χ3v) is 3.98. The Morgan fingerprint density at radius 1 is 1.29 bits per heavy atom. The lowest BCUT2D eigenvalue weighted by molar-refractivity contribution is -0.142. The van der Waals surface area contributed by atoms with Crippen LogP contribution in [0, 0.1) is 0 Å². The lowest BCUT2D eigenvalue weighted by Crippen LogP contribution is -2.39. The van der Waals surface area contributed by atoms with E-state index >= 15 is 0 Å². The van der Waals surface area contributed by atoms with Gasteiger partial charge in [0.1, 0.15) is 6.04 Å². The van der Waals surface area contributed by atoms with E-state index in [1.165, 1.54) is 12.0 Å². The number of carbonyl (C=O) groups is 3. The monoisotopic (exact) mass is 335 g/mol. The molecule has 1 aromatic rings. The number of hydrogen-bond acceptors (Lipinski definition) is 5. The molecule has 130 valence electrons. The Balaban J connectivity index is 2.13. The summed E-state index contributed by atoms with van der Waals surface area (Å²) >= 11 is 0. The molecule has 0 saturated heterocycles. The summed E-state index contributed by atoms with van der Waals surface area (Å²) in [5.74, 6) is -0.759. The van der Waals surface area contributed by atoms with E-state index in [1.807, 2.05) is 0 Å². The molecule has 1 aliphatic rings. The number of benzene rings is 1. The molecule has 24 heavy (non-hydrogen) atoms. The van der Waals surface area contributed by atoms with Gasteiger partial charge in [-0.15, -0.1) is 0 Å². The average Bonchev–Trinajstić information content (AvgIpc) is 2.78. The van der Waals surface area contributed by atoms with Crippen LogP contribution in [-0.2, 0) is 20.9 Å². The number of methoxy groups -OCH3 is 1. The zero-order valence-electron chi connectivity index (χ0n) is 13.5. The normalized spacial score (nSPS) is 15.2. The van der Waals surface area contributed by atoms with Gasteiger partial charge in [0, 0.05) is 25.2 Å². The summed E-state index contributed by atoms with van der Waals surface area (Å²) in [7, 11) is 1.25. The molecule has 0 aliphatic carbocycles. The maximum atomic E-state index is 12.6. The quantitative estimate of drug-likeness (QED) is 0.787. The van der Waals surface area contributed by atoms with Crippen LogP contribution >= 0.6 is 0 Å². The van der Waals surface area contributed by atoms with Crippen LogP contribution in [0.15, 0.2) is 24.3 Å². The minimum Gasteiger partial charge on any atom is -0.468 e. The van der Waals surface area contributed by atoms with Crippen molar-refractivity contribution in [3.8, 4) is 0 Å². The van der Waals surface area contributed by atoms with E-state index in [0.717, 1.165) is 5.56 Å². The van der Waals surface area contributed by atoms with Crippen LogP contribution in [0.1, 0.15) is 18.4 Å². The summed E-state index contributed by atoms with van der Waals surface area (Å²) in [5.41, 5.74) is 7.12. The number of esters is 1. The second-order valence-electron chi connectivity index (χ2n) is 5.55. The molecule has 0 bridgehead atoms. The second-order valence-corrected chi connectivity index (χ2v) is 5.55. The fourth-order valence-corrected chi connectivity index (χ4v) is 2.64. The van der Waals surface area contributed by atoms with Gasteiger partial charge in [0.05, 0.1) is 13.7 Å². The van der Waals surface area contributed by atoms with E-state index in [-0.39, 0.29) is 38.4 Å². The molecule has 2 amide bonds. The van der Waals surface area contributed by atoms with E-state index < -0.39 is 18.1 Å². The predicted molar refractivity (Wildman–Crippen MR) is 86.5 cm³/mol. The topological polar surface area (TPSA) is 113 Å². The van der Waals surface area contributed by atoms with E-state index in [4.69, 9.17) is 5.73 Å². The van der Waals surface area contributed by atoms with Gasteiger partial charge in [-0.2, -0.15) is 0 Å². The molecule has 0 fully saturated rings. The molecule has 0 aromatic heterocycles. The van der Waals surface area contributed by atoms with Crippen molar-refractivity contribution in [1.29, 1.82) is 0 Å². The van der Waals surface area contributed by atoms with E-state index in [9.17, 15) is 19.5 Å². The molecule has 8 nitrogen and oxygen atoms in total. The lowest BCUT2D eigenvalue weighted by Gasteiger charge is -2.23. The van der Waals surface area contributed by atoms with Crippen molar-refractivity contribution in [2.45, 2.75) is 25.4 Å². The Morgan fingerprint density at radius 3 is 2.67 bits per heavy atom. The Bertz CT molecular complexity index is 634. The summed E-state index contributed by atoms with van der Waals surface area (Å²) in [6, 6.07) is 6.35. The number of para-hydroxylation sites is 1. The van der Waals surface area contributed by atoms with Gasteiger partial charge in [-0.1, -0.05) is 18.2 Å². The van der Waals surface area contributed by atoms with Gasteiger partial charge in [-0.25, -0.2) is 4.79 Å². The molecule has 1 unspecified atom stereocenters. The highest BCUT2D eigenvalue weighted by Crippen LogP contribution is 2.26. The SMILES string of the molecule is COC(=O)C(N)CCC(=O)N1CCN(C(=O)O)Cc2ccccc21. The molecule has 8 heteroatoms. The lowest BCUT2D eigenvalue weighted by atomic mass is 10.1. The molecule has 3 N–H and O–H groups in total. The van der Waals surface area contributed by atoms with E-state index in [2.05, 4.69) is 4.74 Å². The highest BCUT2D eigenvalue weighted by Gasteiger charge is 2.26. The van der Waals surface area contributed by atoms with Crippen LogP contribution in [0.2, 0.25) is 0 Å². The van der Waals surface area contributed by atoms with Gasteiger partial charge in [0.2, 0.25) is 5.91 Å². The van der Waals surface area contributed by atoms with Crippen molar-refractivity contribution in [2.75, 3.05) is 25.1 Å². The number of amides is 2. The maximum absolute atomic E-state index is 12.6.